The summed E-state index contributed by atoms with van der Waals surface area (Å²) in [7, 11) is 0. The van der Waals surface area contributed by atoms with Gasteiger partial charge < -0.3 is 10.8 Å². The predicted octanol–water partition coefficient (Wildman–Crippen LogP) is 0.822. The lowest BCUT2D eigenvalue weighted by molar-refractivity contribution is -0.141. The van der Waals surface area contributed by atoms with Crippen molar-refractivity contribution < 1.29 is 19.5 Å². The number of primary amides is 1. The number of hydrogen-bond acceptors (Lipinski definition) is 6. The summed E-state index contributed by atoms with van der Waals surface area (Å²) in [4.78, 5) is 40.0. The molecule has 0 bridgehead atoms. The van der Waals surface area contributed by atoms with Crippen molar-refractivity contribution in [3.8, 4) is 0 Å². The highest BCUT2D eigenvalue weighted by atomic mass is 32.2. The number of aliphatic carboxylic acids is 1. The van der Waals surface area contributed by atoms with Gasteiger partial charge in [0.25, 0.3) is 5.91 Å². The summed E-state index contributed by atoms with van der Waals surface area (Å²) >= 11 is 2.82. The molecule has 3 rings (SSSR count). The topological polar surface area (TPSA) is 114 Å². The van der Waals surface area contributed by atoms with Crippen molar-refractivity contribution in [2.45, 2.75) is 5.37 Å². The van der Waals surface area contributed by atoms with Gasteiger partial charge in [-0.2, -0.15) is 0 Å². The van der Waals surface area contributed by atoms with Crippen molar-refractivity contribution >= 4 is 47.0 Å². The molecule has 1 aromatic rings. The van der Waals surface area contributed by atoms with E-state index in [1.54, 1.807) is 17.7 Å². The summed E-state index contributed by atoms with van der Waals surface area (Å²) in [5, 5.41) is 11.6. The van der Waals surface area contributed by atoms with Crippen LogP contribution in [0, 0.1) is 0 Å². The highest BCUT2D eigenvalue weighted by molar-refractivity contribution is 8.00. The van der Waals surface area contributed by atoms with Crippen LogP contribution in [0.25, 0.3) is 6.08 Å². The largest absolute Gasteiger partial charge is 0.477 e. The van der Waals surface area contributed by atoms with Crippen LogP contribution in [0.3, 0.4) is 0 Å². The number of β-lactam (4-membered cyclic amide) rings is 1. The molecule has 0 radical (unpaired) electrons. The van der Waals surface area contributed by atoms with Gasteiger partial charge in [-0.1, -0.05) is 6.08 Å². The Bertz CT molecular complexity index is 780. The first kappa shape index (κ1) is 15.5. The summed E-state index contributed by atoms with van der Waals surface area (Å²) < 4.78 is 0. The van der Waals surface area contributed by atoms with Crippen molar-refractivity contribution in [3.63, 3.8) is 0 Å². The number of carboxylic acids is 1. The Labute approximate surface area is 139 Å². The molecule has 2 aliphatic heterocycles. The maximum atomic E-state index is 12.3. The maximum Gasteiger partial charge on any atom is 0.352 e. The summed E-state index contributed by atoms with van der Waals surface area (Å²) in [6.07, 6.45) is 5.77. The number of allylic oxidation sites excluding steroid dienone is 1. The van der Waals surface area contributed by atoms with E-state index in [1.165, 1.54) is 34.1 Å². The average molecular weight is 349 g/mol. The molecule has 2 amide bonds. The minimum absolute atomic E-state index is 0.104. The van der Waals surface area contributed by atoms with E-state index in [-0.39, 0.29) is 17.0 Å². The minimum Gasteiger partial charge on any atom is -0.477 e. The van der Waals surface area contributed by atoms with Gasteiger partial charge in [0.05, 0.1) is 5.57 Å². The molecule has 1 atom stereocenters. The summed E-state index contributed by atoms with van der Waals surface area (Å²) in [5.74, 6) is -1.87. The number of thiazole rings is 1. The SMILES string of the molecule is NC(=O)/C=C/C1=C(C(=O)O)N2C(=O)/C(=C/c3nccs3)[C@H]2SC1. The van der Waals surface area contributed by atoms with Crippen molar-refractivity contribution in [2.24, 2.45) is 5.73 Å². The lowest BCUT2D eigenvalue weighted by atomic mass is 10.0. The average Bonchev–Trinajstić information content (AvgIpc) is 3.02. The normalized spacial score (nSPS) is 22.4. The van der Waals surface area contributed by atoms with Gasteiger partial charge in [-0.05, 0) is 11.6 Å². The third-order valence-electron chi connectivity index (χ3n) is 3.29. The molecule has 2 aliphatic rings. The number of thioether (sulfide) groups is 1. The van der Waals surface area contributed by atoms with E-state index in [9.17, 15) is 19.5 Å². The van der Waals surface area contributed by atoms with E-state index in [2.05, 4.69) is 4.98 Å². The number of rotatable bonds is 4. The van der Waals surface area contributed by atoms with E-state index in [0.717, 1.165) is 6.08 Å². The highest BCUT2D eigenvalue weighted by Crippen LogP contribution is 2.44. The molecule has 0 aliphatic carbocycles. The van der Waals surface area contributed by atoms with E-state index >= 15 is 0 Å². The lowest BCUT2D eigenvalue weighted by Crippen LogP contribution is -2.56. The molecule has 1 fully saturated rings. The Morgan fingerprint density at radius 1 is 1.48 bits per heavy atom. The van der Waals surface area contributed by atoms with Gasteiger partial charge in [0, 0.05) is 23.4 Å². The Balaban J connectivity index is 1.94. The number of aromatic nitrogens is 1. The molecule has 0 spiro atoms. The van der Waals surface area contributed by atoms with E-state index in [4.69, 9.17) is 5.73 Å². The molecule has 0 aromatic carbocycles. The lowest BCUT2D eigenvalue weighted by Gasteiger charge is -2.45. The fourth-order valence-corrected chi connectivity index (χ4v) is 4.17. The fourth-order valence-electron chi connectivity index (χ4n) is 2.32. The van der Waals surface area contributed by atoms with Gasteiger partial charge >= 0.3 is 5.97 Å². The fraction of sp³-hybridized carbons (Fsp3) is 0.143. The number of nitrogens with zero attached hydrogens (tertiary/aromatic N) is 2. The number of hydrogen-bond donors (Lipinski definition) is 2. The molecule has 0 saturated carbocycles. The van der Waals surface area contributed by atoms with Crippen LogP contribution in [0.2, 0.25) is 0 Å². The number of carboxylic acid groups (broad SMARTS) is 1. The van der Waals surface area contributed by atoms with Crippen LogP contribution >= 0.6 is 23.1 Å². The van der Waals surface area contributed by atoms with Gasteiger partial charge in [0.2, 0.25) is 5.91 Å². The van der Waals surface area contributed by atoms with Crippen LogP contribution in [-0.4, -0.2) is 43.9 Å². The molecule has 1 saturated heterocycles. The number of nitrogens with two attached hydrogens (primary N) is 1. The van der Waals surface area contributed by atoms with Crippen molar-refractivity contribution in [3.05, 3.63) is 45.6 Å². The quantitative estimate of drug-likeness (QED) is 0.614. The van der Waals surface area contributed by atoms with E-state index < -0.39 is 11.9 Å². The second-order valence-corrected chi connectivity index (χ2v) is 6.72. The second kappa shape index (κ2) is 6.01. The summed E-state index contributed by atoms with van der Waals surface area (Å²) in [6, 6.07) is 0. The first-order valence-electron chi connectivity index (χ1n) is 6.49. The zero-order chi connectivity index (χ0) is 16.6. The van der Waals surface area contributed by atoms with Crippen LogP contribution in [0.1, 0.15) is 5.01 Å². The minimum atomic E-state index is -1.21. The molecule has 3 heterocycles. The van der Waals surface area contributed by atoms with Crippen LogP contribution in [0.15, 0.2) is 40.6 Å². The van der Waals surface area contributed by atoms with Crippen LogP contribution in [0.5, 0.6) is 0 Å². The maximum absolute atomic E-state index is 12.3. The van der Waals surface area contributed by atoms with Gasteiger partial charge in [0.1, 0.15) is 16.1 Å². The van der Waals surface area contributed by atoms with Gasteiger partial charge in [0.15, 0.2) is 0 Å². The standard InChI is InChI=1S/C14H11N3O4S2/c15-9(18)2-1-7-6-23-13-8(5-10-16-3-4-22-10)12(19)17(13)11(7)14(20)21/h1-5,13H,6H2,(H2,15,18)(H,20,21)/b2-1+,8-5-/t13-/m1/s1. The van der Waals surface area contributed by atoms with E-state index in [0.29, 0.717) is 21.9 Å². The van der Waals surface area contributed by atoms with Crippen LogP contribution in [-0.2, 0) is 14.4 Å². The molecule has 1 aromatic heterocycles. The highest BCUT2D eigenvalue weighted by Gasteiger charge is 2.49. The Hall–Kier alpha value is -2.39. The molecular formula is C14H11N3O4S2. The third kappa shape index (κ3) is 2.80. The van der Waals surface area contributed by atoms with Crippen LogP contribution in [0.4, 0.5) is 0 Å². The zero-order valence-corrected chi connectivity index (χ0v) is 13.3. The Kier molecular flexibility index (Phi) is 4.05. The molecule has 9 heteroatoms. The molecule has 7 nitrogen and oxygen atoms in total. The molecular weight excluding hydrogens is 338 g/mol. The van der Waals surface area contributed by atoms with Crippen molar-refractivity contribution in [1.29, 1.82) is 0 Å². The first-order valence-corrected chi connectivity index (χ1v) is 8.42. The number of carbonyl (C=O) groups excluding carboxylic acids is 2. The van der Waals surface area contributed by atoms with Crippen molar-refractivity contribution in [2.75, 3.05) is 5.75 Å². The Morgan fingerprint density at radius 2 is 2.26 bits per heavy atom. The van der Waals surface area contributed by atoms with Gasteiger partial charge in [-0.3, -0.25) is 14.5 Å². The first-order chi connectivity index (χ1) is 11.0. The summed E-state index contributed by atoms with van der Waals surface area (Å²) in [6.45, 7) is 0. The van der Waals surface area contributed by atoms with E-state index in [1.807, 2.05) is 0 Å². The van der Waals surface area contributed by atoms with Gasteiger partial charge in [-0.25, -0.2) is 9.78 Å². The summed E-state index contributed by atoms with van der Waals surface area (Å²) in [5.41, 5.74) is 5.85. The third-order valence-corrected chi connectivity index (χ3v) is 5.27. The smallest absolute Gasteiger partial charge is 0.352 e. The predicted molar refractivity (Wildman–Crippen MR) is 86.2 cm³/mol. The zero-order valence-electron chi connectivity index (χ0n) is 11.6. The Morgan fingerprint density at radius 3 is 2.87 bits per heavy atom. The van der Waals surface area contributed by atoms with Crippen molar-refractivity contribution in [1.82, 2.24) is 9.88 Å². The van der Waals surface area contributed by atoms with Gasteiger partial charge in [-0.15, -0.1) is 23.1 Å². The molecule has 23 heavy (non-hydrogen) atoms. The monoisotopic (exact) mass is 349 g/mol. The number of fused-ring (bicyclic) bond motifs is 1. The number of carbonyl (C=O) groups is 3. The second-order valence-electron chi connectivity index (χ2n) is 4.72. The molecule has 3 N–H and O–H groups in total. The number of amides is 2. The molecule has 118 valence electrons. The molecule has 0 unspecified atom stereocenters. The van der Waals surface area contributed by atoms with Crippen LogP contribution < -0.4 is 5.73 Å².